The van der Waals surface area contributed by atoms with Gasteiger partial charge in [-0.3, -0.25) is 4.98 Å². The van der Waals surface area contributed by atoms with Crippen LogP contribution in [-0.4, -0.2) is 15.2 Å². The van der Waals surface area contributed by atoms with Crippen molar-refractivity contribution >= 4 is 44.5 Å². The molecule has 22 heavy (non-hydrogen) atoms. The number of phenolic OH excluding ortho intramolecular Hbond substituents is 2. The normalized spacial score (nSPS) is 11.3. The first-order valence-corrected chi connectivity index (χ1v) is 7.70. The average molecular weight is 403 g/mol. The molecule has 0 amide bonds. The number of aromatic hydroxyl groups is 2. The predicted molar refractivity (Wildman–Crippen MR) is 93.0 cm³/mol. The van der Waals surface area contributed by atoms with Gasteiger partial charge >= 0.3 is 0 Å². The summed E-state index contributed by atoms with van der Waals surface area (Å²) in [7, 11) is 0. The van der Waals surface area contributed by atoms with Crippen LogP contribution >= 0.6 is 22.6 Å². The lowest BCUT2D eigenvalue weighted by atomic mass is 10.1. The van der Waals surface area contributed by atoms with Crippen LogP contribution in [0.1, 0.15) is 0 Å². The van der Waals surface area contributed by atoms with Crippen molar-refractivity contribution < 1.29 is 14.6 Å². The van der Waals surface area contributed by atoms with E-state index in [2.05, 4.69) is 27.6 Å². The van der Waals surface area contributed by atoms with E-state index < -0.39 is 0 Å². The standard InChI is InChI=1S/C17H10INO3/c18-13-8-12(11-2-1-5-19-16(11)17(13)21)15-6-9-3-4-10(20)7-14(9)22-15/h1-8,20-21H. The number of rotatable bonds is 1. The molecule has 2 aromatic carbocycles. The van der Waals surface area contributed by atoms with Crippen LogP contribution in [0.2, 0.25) is 0 Å². The van der Waals surface area contributed by atoms with Gasteiger partial charge < -0.3 is 14.6 Å². The number of phenols is 2. The minimum absolute atomic E-state index is 0.167. The average Bonchev–Trinajstić information content (AvgIpc) is 2.93. The molecule has 0 aliphatic heterocycles. The molecule has 0 saturated heterocycles. The lowest BCUT2D eigenvalue weighted by molar-refractivity contribution is 0.474. The maximum Gasteiger partial charge on any atom is 0.155 e. The molecule has 4 nitrogen and oxygen atoms in total. The van der Waals surface area contributed by atoms with Gasteiger partial charge in [0.2, 0.25) is 0 Å². The van der Waals surface area contributed by atoms with Crippen LogP contribution in [0.5, 0.6) is 11.5 Å². The monoisotopic (exact) mass is 403 g/mol. The third-order valence-corrected chi connectivity index (χ3v) is 4.41. The number of hydrogen-bond acceptors (Lipinski definition) is 4. The number of hydrogen-bond donors (Lipinski definition) is 2. The Kier molecular flexibility index (Phi) is 2.97. The van der Waals surface area contributed by atoms with Crippen LogP contribution in [0.3, 0.4) is 0 Å². The minimum Gasteiger partial charge on any atom is -0.508 e. The molecule has 0 aliphatic carbocycles. The van der Waals surface area contributed by atoms with Gasteiger partial charge in [0.25, 0.3) is 0 Å². The van der Waals surface area contributed by atoms with Crippen molar-refractivity contribution in [3.63, 3.8) is 0 Å². The van der Waals surface area contributed by atoms with Gasteiger partial charge in [0, 0.05) is 28.6 Å². The summed E-state index contributed by atoms with van der Waals surface area (Å²) in [6.45, 7) is 0. The number of nitrogens with zero attached hydrogens (tertiary/aromatic N) is 1. The second-order valence-electron chi connectivity index (χ2n) is 4.99. The molecule has 5 heteroatoms. The predicted octanol–water partition coefficient (Wildman–Crippen LogP) is 4.66. The van der Waals surface area contributed by atoms with Crippen molar-refractivity contribution in [2.45, 2.75) is 0 Å². The summed E-state index contributed by atoms with van der Waals surface area (Å²) in [5, 5.41) is 21.5. The van der Waals surface area contributed by atoms with Crippen molar-refractivity contribution in [2.75, 3.05) is 0 Å². The largest absolute Gasteiger partial charge is 0.508 e. The molecular weight excluding hydrogens is 393 g/mol. The third-order valence-electron chi connectivity index (χ3n) is 3.59. The highest BCUT2D eigenvalue weighted by Gasteiger charge is 2.15. The van der Waals surface area contributed by atoms with Crippen LogP contribution in [-0.2, 0) is 0 Å². The van der Waals surface area contributed by atoms with Crippen molar-refractivity contribution in [3.8, 4) is 22.8 Å². The van der Waals surface area contributed by atoms with Crippen molar-refractivity contribution in [1.82, 2.24) is 4.98 Å². The van der Waals surface area contributed by atoms with E-state index in [0.29, 0.717) is 20.4 Å². The lowest BCUT2D eigenvalue weighted by Gasteiger charge is -2.07. The molecule has 0 saturated carbocycles. The second kappa shape index (κ2) is 4.88. The molecule has 0 radical (unpaired) electrons. The van der Waals surface area contributed by atoms with E-state index in [4.69, 9.17) is 4.42 Å². The Morgan fingerprint density at radius 2 is 1.91 bits per heavy atom. The molecule has 4 rings (SSSR count). The summed E-state index contributed by atoms with van der Waals surface area (Å²) in [6, 6.07) is 12.5. The smallest absolute Gasteiger partial charge is 0.155 e. The van der Waals surface area contributed by atoms with Crippen molar-refractivity contribution in [2.24, 2.45) is 0 Å². The number of furan rings is 1. The second-order valence-corrected chi connectivity index (χ2v) is 6.15. The molecule has 0 bridgehead atoms. The zero-order valence-corrected chi connectivity index (χ0v) is 13.4. The Balaban J connectivity index is 2.05. The number of halogens is 1. The molecular formula is C17H10INO3. The summed E-state index contributed by atoms with van der Waals surface area (Å²) < 4.78 is 6.58. The van der Waals surface area contributed by atoms with Gasteiger partial charge in [-0.1, -0.05) is 6.07 Å². The maximum absolute atomic E-state index is 10.2. The number of benzene rings is 2. The zero-order valence-electron chi connectivity index (χ0n) is 11.2. The zero-order chi connectivity index (χ0) is 15.3. The third kappa shape index (κ3) is 2.00. The fraction of sp³-hybridized carbons (Fsp3) is 0. The maximum atomic E-state index is 10.2. The van der Waals surface area contributed by atoms with E-state index in [1.54, 1.807) is 18.3 Å². The molecule has 0 atom stereocenters. The summed E-state index contributed by atoms with van der Waals surface area (Å²) >= 11 is 2.08. The van der Waals surface area contributed by atoms with Crippen LogP contribution < -0.4 is 0 Å². The Morgan fingerprint density at radius 3 is 2.77 bits per heavy atom. The SMILES string of the molecule is Oc1ccc2cc(-c3cc(I)c(O)c4ncccc34)oc2c1. The highest BCUT2D eigenvalue weighted by Crippen LogP contribution is 2.38. The molecule has 2 aromatic heterocycles. The van der Waals surface area contributed by atoms with Crippen molar-refractivity contribution in [1.29, 1.82) is 0 Å². The van der Waals surface area contributed by atoms with Gasteiger partial charge in [0.15, 0.2) is 5.75 Å². The highest BCUT2D eigenvalue weighted by molar-refractivity contribution is 14.1. The molecule has 4 aromatic rings. The van der Waals surface area contributed by atoms with E-state index in [1.807, 2.05) is 30.3 Å². The summed E-state index contributed by atoms with van der Waals surface area (Å²) in [5.74, 6) is 1.02. The van der Waals surface area contributed by atoms with E-state index in [0.717, 1.165) is 16.3 Å². The molecule has 0 fully saturated rings. The molecule has 0 aliphatic rings. The first-order chi connectivity index (χ1) is 10.6. The fourth-order valence-corrected chi connectivity index (χ4v) is 3.12. The first-order valence-electron chi connectivity index (χ1n) is 6.62. The molecule has 0 unspecified atom stereocenters. The summed E-state index contributed by atoms with van der Waals surface area (Å²) in [4.78, 5) is 4.26. The fourth-order valence-electron chi connectivity index (χ4n) is 2.55. The lowest BCUT2D eigenvalue weighted by Crippen LogP contribution is -1.86. The Bertz CT molecular complexity index is 1020. The quantitative estimate of drug-likeness (QED) is 0.454. The molecule has 0 spiro atoms. The number of aromatic nitrogens is 1. The van der Waals surface area contributed by atoms with Gasteiger partial charge in [0.1, 0.15) is 22.6 Å². The Morgan fingerprint density at radius 1 is 1.05 bits per heavy atom. The van der Waals surface area contributed by atoms with Gasteiger partial charge in [-0.15, -0.1) is 0 Å². The molecule has 2 heterocycles. The van der Waals surface area contributed by atoms with Gasteiger partial charge in [-0.2, -0.15) is 0 Å². The molecule has 108 valence electrons. The van der Waals surface area contributed by atoms with Crippen LogP contribution in [0.15, 0.2) is 53.1 Å². The topological polar surface area (TPSA) is 66.5 Å². The number of fused-ring (bicyclic) bond motifs is 2. The van der Waals surface area contributed by atoms with Gasteiger partial charge in [-0.05, 0) is 52.9 Å². The van der Waals surface area contributed by atoms with E-state index in [1.165, 1.54) is 0 Å². The van der Waals surface area contributed by atoms with E-state index in [9.17, 15) is 10.2 Å². The summed E-state index contributed by atoms with van der Waals surface area (Å²) in [5.41, 5.74) is 2.03. The van der Waals surface area contributed by atoms with Crippen molar-refractivity contribution in [3.05, 3.63) is 52.2 Å². The van der Waals surface area contributed by atoms with Gasteiger partial charge in [0.05, 0.1) is 3.57 Å². The van der Waals surface area contributed by atoms with Crippen LogP contribution in [0, 0.1) is 3.57 Å². The Labute approximate surface area is 139 Å². The van der Waals surface area contributed by atoms with E-state index >= 15 is 0 Å². The Hall–Kier alpha value is -2.28. The number of pyridine rings is 1. The van der Waals surface area contributed by atoms with Gasteiger partial charge in [-0.25, -0.2) is 0 Å². The van der Waals surface area contributed by atoms with Crippen LogP contribution in [0.4, 0.5) is 0 Å². The molecule has 2 N–H and O–H groups in total. The highest BCUT2D eigenvalue weighted by atomic mass is 127. The van der Waals surface area contributed by atoms with Crippen LogP contribution in [0.25, 0.3) is 33.2 Å². The summed E-state index contributed by atoms with van der Waals surface area (Å²) in [6.07, 6.45) is 1.65. The minimum atomic E-state index is 0.167. The first kappa shape index (κ1) is 13.4. The van der Waals surface area contributed by atoms with E-state index in [-0.39, 0.29) is 11.5 Å².